The van der Waals surface area contributed by atoms with Gasteiger partial charge in [-0.1, -0.05) is 121 Å². The molecule has 0 unspecified atom stereocenters. The molecule has 0 bridgehead atoms. The topological polar surface area (TPSA) is 30.7 Å². The lowest BCUT2D eigenvalue weighted by molar-refractivity contribution is 1.02. The van der Waals surface area contributed by atoms with Gasteiger partial charge in [0.1, 0.15) is 5.82 Å². The van der Waals surface area contributed by atoms with E-state index in [1.54, 1.807) is 0 Å². The molecule has 0 fully saturated rings. The Bertz CT molecular complexity index is 1860. The van der Waals surface area contributed by atoms with Crippen LogP contribution in [-0.4, -0.2) is 22.4 Å². The van der Waals surface area contributed by atoms with Gasteiger partial charge in [0, 0.05) is 33.1 Å². The number of rotatable bonds is 5. The molecule has 2 heterocycles. The average molecular weight is 532 g/mol. The number of aryl methyl sites for hydroxylation is 2. The predicted molar refractivity (Wildman–Crippen MR) is 169 cm³/mol. The van der Waals surface area contributed by atoms with Crippen molar-refractivity contribution in [2.24, 2.45) is 0 Å². The van der Waals surface area contributed by atoms with Crippen LogP contribution in [-0.2, 0) is 0 Å². The van der Waals surface area contributed by atoms with Crippen molar-refractivity contribution in [3.63, 3.8) is 0 Å². The SMILES string of the molecule is Cc1cc(-c2cccc([Si](c3ccccc3)(c3ccccc3)n3c4ccccc4c4ccccc43)c2)nc(C)n1. The van der Waals surface area contributed by atoms with E-state index in [2.05, 4.69) is 149 Å². The van der Waals surface area contributed by atoms with Crippen LogP contribution in [0.15, 0.2) is 140 Å². The summed E-state index contributed by atoms with van der Waals surface area (Å²) in [4.78, 5) is 9.36. The van der Waals surface area contributed by atoms with Gasteiger partial charge in [-0.3, -0.25) is 0 Å². The summed E-state index contributed by atoms with van der Waals surface area (Å²) in [6, 6.07) is 51.0. The Labute approximate surface area is 235 Å². The smallest absolute Gasteiger partial charge is 0.257 e. The molecule has 0 aliphatic heterocycles. The Balaban J connectivity index is 1.67. The Morgan fingerprint density at radius 3 is 1.60 bits per heavy atom. The molecule has 3 nitrogen and oxygen atoms in total. The van der Waals surface area contributed by atoms with Crippen molar-refractivity contribution >= 4 is 45.6 Å². The van der Waals surface area contributed by atoms with Crippen LogP contribution in [0.4, 0.5) is 0 Å². The lowest BCUT2D eigenvalue weighted by Crippen LogP contribution is -2.72. The molecule has 0 atom stereocenters. The molecule has 0 N–H and O–H groups in total. The van der Waals surface area contributed by atoms with Crippen LogP contribution < -0.4 is 15.6 Å². The first kappa shape index (κ1) is 24.3. The number of para-hydroxylation sites is 2. The molecule has 0 saturated heterocycles. The first-order valence-electron chi connectivity index (χ1n) is 13.7. The molecule has 0 aliphatic rings. The molecule has 0 amide bonds. The molecule has 40 heavy (non-hydrogen) atoms. The van der Waals surface area contributed by atoms with Crippen LogP contribution in [0.1, 0.15) is 11.5 Å². The van der Waals surface area contributed by atoms with E-state index < -0.39 is 8.24 Å². The van der Waals surface area contributed by atoms with Gasteiger partial charge in [-0.2, -0.15) is 0 Å². The van der Waals surface area contributed by atoms with Crippen LogP contribution in [0, 0.1) is 13.8 Å². The van der Waals surface area contributed by atoms with Gasteiger partial charge in [0.15, 0.2) is 0 Å². The summed E-state index contributed by atoms with van der Waals surface area (Å²) >= 11 is 0. The number of hydrogen-bond acceptors (Lipinski definition) is 2. The fourth-order valence-electron chi connectivity index (χ4n) is 6.30. The Kier molecular flexibility index (Phi) is 5.91. The number of aromatic nitrogens is 3. The van der Waals surface area contributed by atoms with E-state index in [1.165, 1.54) is 37.4 Å². The molecule has 0 aliphatic carbocycles. The molecule has 7 rings (SSSR count). The van der Waals surface area contributed by atoms with Crippen molar-refractivity contribution in [1.82, 2.24) is 14.2 Å². The Hall–Kier alpha value is -4.80. The molecule has 7 aromatic rings. The second-order valence-electron chi connectivity index (χ2n) is 10.3. The maximum absolute atomic E-state index is 4.83. The van der Waals surface area contributed by atoms with Gasteiger partial charge in [-0.05, 0) is 47.6 Å². The maximum atomic E-state index is 4.83. The monoisotopic (exact) mass is 531 g/mol. The van der Waals surface area contributed by atoms with Crippen molar-refractivity contribution in [1.29, 1.82) is 0 Å². The number of fused-ring (bicyclic) bond motifs is 3. The van der Waals surface area contributed by atoms with Crippen molar-refractivity contribution in [2.75, 3.05) is 0 Å². The van der Waals surface area contributed by atoms with E-state index >= 15 is 0 Å². The van der Waals surface area contributed by atoms with Gasteiger partial charge in [-0.15, -0.1) is 0 Å². The average Bonchev–Trinajstić information content (AvgIpc) is 3.33. The molecule has 0 saturated carbocycles. The highest BCUT2D eigenvalue weighted by Crippen LogP contribution is 2.32. The Morgan fingerprint density at radius 1 is 0.500 bits per heavy atom. The van der Waals surface area contributed by atoms with Crippen molar-refractivity contribution in [3.8, 4) is 11.3 Å². The van der Waals surface area contributed by atoms with E-state index in [1.807, 2.05) is 13.8 Å². The minimum Gasteiger partial charge on any atom is -0.355 e. The number of nitrogens with zero attached hydrogens (tertiary/aromatic N) is 3. The van der Waals surface area contributed by atoms with Crippen LogP contribution in [0.2, 0.25) is 0 Å². The summed E-state index contributed by atoms with van der Waals surface area (Å²) in [6.45, 7) is 4.00. The van der Waals surface area contributed by atoms with Gasteiger partial charge in [-0.25, -0.2) is 9.97 Å². The van der Waals surface area contributed by atoms with Gasteiger partial charge >= 0.3 is 0 Å². The molecular weight excluding hydrogens is 503 g/mol. The van der Waals surface area contributed by atoms with Gasteiger partial charge in [0.25, 0.3) is 8.24 Å². The van der Waals surface area contributed by atoms with Crippen LogP contribution in [0.25, 0.3) is 33.1 Å². The lowest BCUT2D eigenvalue weighted by Gasteiger charge is -2.36. The third kappa shape index (κ3) is 3.80. The minimum absolute atomic E-state index is 0.789. The Morgan fingerprint density at radius 2 is 1.02 bits per heavy atom. The summed E-state index contributed by atoms with van der Waals surface area (Å²) in [5, 5.41) is 6.53. The van der Waals surface area contributed by atoms with E-state index in [0.717, 1.165) is 22.8 Å². The summed E-state index contributed by atoms with van der Waals surface area (Å²) < 4.78 is 2.68. The van der Waals surface area contributed by atoms with Crippen LogP contribution >= 0.6 is 0 Å². The fourth-order valence-corrected chi connectivity index (χ4v) is 11.2. The van der Waals surface area contributed by atoms with E-state index in [4.69, 9.17) is 4.98 Å². The molecule has 2 aromatic heterocycles. The van der Waals surface area contributed by atoms with Crippen LogP contribution in [0.5, 0.6) is 0 Å². The molecular formula is C36H29N3Si. The summed E-state index contributed by atoms with van der Waals surface area (Å²) in [7, 11) is -2.89. The largest absolute Gasteiger partial charge is 0.355 e. The second kappa shape index (κ2) is 9.74. The highest BCUT2D eigenvalue weighted by atomic mass is 28.3. The van der Waals surface area contributed by atoms with E-state index in [9.17, 15) is 0 Å². The normalized spacial score (nSPS) is 11.8. The number of benzene rings is 5. The molecule has 5 aromatic carbocycles. The minimum atomic E-state index is -2.89. The third-order valence-corrected chi connectivity index (χ3v) is 12.5. The highest BCUT2D eigenvalue weighted by molar-refractivity contribution is 7.11. The van der Waals surface area contributed by atoms with Crippen molar-refractivity contribution in [3.05, 3.63) is 151 Å². The summed E-state index contributed by atoms with van der Waals surface area (Å²) in [5.41, 5.74) is 5.54. The van der Waals surface area contributed by atoms with E-state index in [-0.39, 0.29) is 0 Å². The molecule has 0 radical (unpaired) electrons. The number of hydrogen-bond donors (Lipinski definition) is 0. The fraction of sp³-hybridized carbons (Fsp3) is 0.0556. The van der Waals surface area contributed by atoms with Crippen molar-refractivity contribution in [2.45, 2.75) is 13.8 Å². The van der Waals surface area contributed by atoms with Crippen molar-refractivity contribution < 1.29 is 0 Å². The van der Waals surface area contributed by atoms with Crippen LogP contribution in [0.3, 0.4) is 0 Å². The summed E-state index contributed by atoms with van der Waals surface area (Å²) in [6.07, 6.45) is 0. The zero-order valence-electron chi connectivity index (χ0n) is 22.6. The quantitative estimate of drug-likeness (QED) is 0.191. The molecule has 192 valence electrons. The van der Waals surface area contributed by atoms with Gasteiger partial charge in [0.2, 0.25) is 0 Å². The third-order valence-electron chi connectivity index (χ3n) is 7.84. The zero-order valence-corrected chi connectivity index (χ0v) is 23.6. The lowest BCUT2D eigenvalue weighted by atomic mass is 10.1. The predicted octanol–water partition coefficient (Wildman–Crippen LogP) is 6.38. The molecule has 0 spiro atoms. The van der Waals surface area contributed by atoms with E-state index in [0.29, 0.717) is 0 Å². The second-order valence-corrected chi connectivity index (χ2v) is 13.9. The maximum Gasteiger partial charge on any atom is 0.257 e. The molecule has 4 heteroatoms. The van der Waals surface area contributed by atoms with Gasteiger partial charge in [0.05, 0.1) is 5.69 Å². The summed E-state index contributed by atoms with van der Waals surface area (Å²) in [5.74, 6) is 0.789. The first-order chi connectivity index (χ1) is 19.7. The standard InChI is InChI=1S/C36H29N3Si/c1-26-24-34(38-27(2)37-26)28-14-13-19-31(25-28)40(29-15-5-3-6-16-29,30-17-7-4-8-18-30)39-35-22-11-9-20-32(35)33-21-10-12-23-36(33)39/h3-25H,1-2H3. The zero-order chi connectivity index (χ0) is 27.1. The van der Waals surface area contributed by atoms with Gasteiger partial charge < -0.3 is 4.23 Å². The first-order valence-corrected chi connectivity index (χ1v) is 15.6. The highest BCUT2D eigenvalue weighted by Gasteiger charge is 2.44.